The molecule has 0 aromatic carbocycles. The molecule has 4 atom stereocenters. The number of fused-ring (bicyclic) bond motifs is 1. The van der Waals surface area contributed by atoms with Gasteiger partial charge in [0.05, 0.1) is 12.6 Å². The fourth-order valence-electron chi connectivity index (χ4n) is 1.95. The highest BCUT2D eigenvalue weighted by atomic mass is 16.4. The van der Waals surface area contributed by atoms with Crippen LogP contribution in [0.2, 0.25) is 0 Å². The van der Waals surface area contributed by atoms with E-state index in [-0.39, 0.29) is 13.1 Å². The van der Waals surface area contributed by atoms with Crippen LogP contribution < -0.4 is 5.32 Å². The van der Waals surface area contributed by atoms with E-state index in [1.165, 1.54) is 0 Å². The number of hydrogen-bond donors (Lipinski definition) is 4. The third-order valence-corrected chi connectivity index (χ3v) is 2.85. The number of aliphatic hydroxyl groups is 3. The summed E-state index contributed by atoms with van der Waals surface area (Å²) >= 11 is 0. The standard InChI is InChI=1S/C8H12N2O5/c11-4-2-10-3(5(12)6(4)13)1-9-7(14)8(10)15/h3-6,11-13H,1-2H2,(H,9,14)/t3-,4+,5-,6-/m1/s1. The Kier molecular flexibility index (Phi) is 2.37. The van der Waals surface area contributed by atoms with Gasteiger partial charge in [0, 0.05) is 6.54 Å². The van der Waals surface area contributed by atoms with Crippen LogP contribution in [0.1, 0.15) is 0 Å². The Hall–Kier alpha value is -1.18. The number of hydrogen-bond acceptors (Lipinski definition) is 5. The average Bonchev–Trinajstić information content (AvgIpc) is 2.21. The molecule has 2 aliphatic heterocycles. The quantitative estimate of drug-likeness (QED) is 0.313. The third kappa shape index (κ3) is 1.48. The average molecular weight is 216 g/mol. The SMILES string of the molecule is O=C1NC[C@@H]2[C@@H](O)[C@H](O)[C@@H](O)CN2C1=O. The van der Waals surface area contributed by atoms with Gasteiger partial charge in [-0.1, -0.05) is 0 Å². The van der Waals surface area contributed by atoms with E-state index in [0.717, 1.165) is 4.90 Å². The van der Waals surface area contributed by atoms with Crippen molar-refractivity contribution in [3.63, 3.8) is 0 Å². The smallest absolute Gasteiger partial charge is 0.312 e. The van der Waals surface area contributed by atoms with Crippen LogP contribution >= 0.6 is 0 Å². The molecular weight excluding hydrogens is 204 g/mol. The number of amides is 2. The molecule has 4 N–H and O–H groups in total. The van der Waals surface area contributed by atoms with Gasteiger partial charge in [0.2, 0.25) is 0 Å². The molecule has 0 aliphatic carbocycles. The lowest BCUT2D eigenvalue weighted by Gasteiger charge is -2.45. The van der Waals surface area contributed by atoms with Crippen molar-refractivity contribution in [1.29, 1.82) is 0 Å². The van der Waals surface area contributed by atoms with E-state index in [9.17, 15) is 24.9 Å². The fourth-order valence-corrected chi connectivity index (χ4v) is 1.95. The largest absolute Gasteiger partial charge is 0.388 e. The summed E-state index contributed by atoms with van der Waals surface area (Å²) < 4.78 is 0. The molecule has 0 aromatic heterocycles. The summed E-state index contributed by atoms with van der Waals surface area (Å²) in [4.78, 5) is 23.5. The second-order valence-corrected chi connectivity index (χ2v) is 3.78. The minimum absolute atomic E-state index is 0.0928. The van der Waals surface area contributed by atoms with Crippen molar-refractivity contribution in [2.24, 2.45) is 0 Å². The van der Waals surface area contributed by atoms with Crippen LogP contribution in [-0.4, -0.2) is 69.5 Å². The Morgan fingerprint density at radius 3 is 2.53 bits per heavy atom. The van der Waals surface area contributed by atoms with Crippen molar-refractivity contribution in [2.45, 2.75) is 24.4 Å². The first-order chi connectivity index (χ1) is 7.02. The van der Waals surface area contributed by atoms with Crippen molar-refractivity contribution in [3.8, 4) is 0 Å². The molecule has 2 fully saturated rings. The van der Waals surface area contributed by atoms with Crippen molar-refractivity contribution in [1.82, 2.24) is 10.2 Å². The summed E-state index contributed by atoms with van der Waals surface area (Å²) in [7, 11) is 0. The molecule has 0 saturated carbocycles. The molecule has 2 heterocycles. The number of aliphatic hydroxyl groups excluding tert-OH is 3. The predicted octanol–water partition coefficient (Wildman–Crippen LogP) is -3.59. The molecular formula is C8H12N2O5. The molecule has 2 saturated heterocycles. The van der Waals surface area contributed by atoms with E-state index in [1.54, 1.807) is 0 Å². The van der Waals surface area contributed by atoms with Crippen LogP contribution in [0.15, 0.2) is 0 Å². The molecule has 0 radical (unpaired) electrons. The lowest BCUT2D eigenvalue weighted by atomic mass is 9.92. The van der Waals surface area contributed by atoms with Crippen molar-refractivity contribution in [3.05, 3.63) is 0 Å². The number of rotatable bonds is 0. The summed E-state index contributed by atoms with van der Waals surface area (Å²) in [5.74, 6) is -1.53. The summed E-state index contributed by atoms with van der Waals surface area (Å²) in [5.41, 5.74) is 0. The highest BCUT2D eigenvalue weighted by Crippen LogP contribution is 2.20. The van der Waals surface area contributed by atoms with Gasteiger partial charge in [0.15, 0.2) is 0 Å². The van der Waals surface area contributed by atoms with E-state index in [1.807, 2.05) is 0 Å². The second kappa shape index (κ2) is 3.44. The monoisotopic (exact) mass is 216 g/mol. The maximum absolute atomic E-state index is 11.4. The van der Waals surface area contributed by atoms with Gasteiger partial charge >= 0.3 is 11.8 Å². The van der Waals surface area contributed by atoms with E-state index in [4.69, 9.17) is 0 Å². The van der Waals surface area contributed by atoms with Crippen LogP contribution in [0, 0.1) is 0 Å². The minimum Gasteiger partial charge on any atom is -0.388 e. The fraction of sp³-hybridized carbons (Fsp3) is 0.750. The zero-order valence-corrected chi connectivity index (χ0v) is 7.83. The molecule has 7 heteroatoms. The van der Waals surface area contributed by atoms with Gasteiger partial charge in [0.1, 0.15) is 18.3 Å². The van der Waals surface area contributed by atoms with Gasteiger partial charge in [-0.15, -0.1) is 0 Å². The zero-order valence-electron chi connectivity index (χ0n) is 7.83. The van der Waals surface area contributed by atoms with Crippen molar-refractivity contribution >= 4 is 11.8 Å². The van der Waals surface area contributed by atoms with Crippen molar-refractivity contribution in [2.75, 3.05) is 13.1 Å². The van der Waals surface area contributed by atoms with Gasteiger partial charge in [-0.2, -0.15) is 0 Å². The number of carbonyl (C=O) groups excluding carboxylic acids is 2. The third-order valence-electron chi connectivity index (χ3n) is 2.85. The van der Waals surface area contributed by atoms with Crippen LogP contribution in [0.4, 0.5) is 0 Å². The maximum Gasteiger partial charge on any atom is 0.312 e. The van der Waals surface area contributed by atoms with E-state index >= 15 is 0 Å². The molecule has 0 spiro atoms. The Bertz CT molecular complexity index is 307. The lowest BCUT2D eigenvalue weighted by molar-refractivity contribution is -0.172. The van der Waals surface area contributed by atoms with E-state index in [2.05, 4.69) is 5.32 Å². The van der Waals surface area contributed by atoms with Crippen molar-refractivity contribution < 1.29 is 24.9 Å². The molecule has 0 unspecified atom stereocenters. The molecule has 84 valence electrons. The predicted molar refractivity (Wildman–Crippen MR) is 46.5 cm³/mol. The first kappa shape index (κ1) is 10.3. The van der Waals surface area contributed by atoms with Gasteiger partial charge in [-0.05, 0) is 0 Å². The van der Waals surface area contributed by atoms with Crippen LogP contribution in [0.3, 0.4) is 0 Å². The lowest BCUT2D eigenvalue weighted by Crippen LogP contribution is -2.70. The Morgan fingerprint density at radius 1 is 1.20 bits per heavy atom. The molecule has 2 aliphatic rings. The first-order valence-electron chi connectivity index (χ1n) is 4.65. The van der Waals surface area contributed by atoms with Crippen LogP contribution in [0.25, 0.3) is 0 Å². The molecule has 2 amide bonds. The number of nitrogens with zero attached hydrogens (tertiary/aromatic N) is 1. The van der Waals surface area contributed by atoms with Gasteiger partial charge < -0.3 is 25.5 Å². The summed E-state index contributed by atoms with van der Waals surface area (Å²) in [5, 5.41) is 30.6. The molecule has 2 rings (SSSR count). The number of carbonyl (C=O) groups is 2. The number of piperazine rings is 1. The van der Waals surface area contributed by atoms with Gasteiger partial charge in [-0.25, -0.2) is 0 Å². The Balaban J connectivity index is 2.22. The molecule has 0 bridgehead atoms. The normalized spacial score (nSPS) is 41.1. The molecule has 0 aromatic rings. The van der Waals surface area contributed by atoms with E-state index < -0.39 is 36.2 Å². The second-order valence-electron chi connectivity index (χ2n) is 3.78. The highest BCUT2D eigenvalue weighted by Gasteiger charge is 2.47. The van der Waals surface area contributed by atoms with E-state index in [0.29, 0.717) is 0 Å². The topological polar surface area (TPSA) is 110 Å². The minimum atomic E-state index is -1.28. The highest BCUT2D eigenvalue weighted by molar-refractivity contribution is 6.35. The maximum atomic E-state index is 11.4. The zero-order chi connectivity index (χ0) is 11.2. The Morgan fingerprint density at radius 2 is 1.87 bits per heavy atom. The Labute approximate surface area is 85.3 Å². The molecule has 7 nitrogen and oxygen atoms in total. The first-order valence-corrected chi connectivity index (χ1v) is 4.65. The summed E-state index contributed by atoms with van der Waals surface area (Å²) in [6.45, 7) is -0.0370. The summed E-state index contributed by atoms with van der Waals surface area (Å²) in [6, 6.07) is -0.659. The number of piperidine rings is 1. The van der Waals surface area contributed by atoms with Crippen LogP contribution in [0.5, 0.6) is 0 Å². The van der Waals surface area contributed by atoms with Crippen LogP contribution in [-0.2, 0) is 9.59 Å². The van der Waals surface area contributed by atoms with Gasteiger partial charge in [0.25, 0.3) is 0 Å². The van der Waals surface area contributed by atoms with Gasteiger partial charge in [-0.3, -0.25) is 9.59 Å². The number of nitrogens with one attached hydrogen (secondary N) is 1. The summed E-state index contributed by atoms with van der Waals surface area (Å²) in [6.07, 6.45) is -3.74. The molecule has 15 heavy (non-hydrogen) atoms.